The van der Waals surface area contributed by atoms with Gasteiger partial charge in [0, 0.05) is 19.2 Å². The molecule has 1 unspecified atom stereocenters. The number of hydrogen-bond donors (Lipinski definition) is 1. The number of hydrogen-bond acceptors (Lipinski definition) is 7. The van der Waals surface area contributed by atoms with Crippen molar-refractivity contribution in [2.45, 2.75) is 32.5 Å². The van der Waals surface area contributed by atoms with Gasteiger partial charge in [-0.2, -0.15) is 0 Å². The lowest BCUT2D eigenvalue weighted by atomic mass is 10.0. The molecule has 1 aliphatic carbocycles. The van der Waals surface area contributed by atoms with Gasteiger partial charge in [-0.25, -0.2) is 9.59 Å². The minimum Gasteiger partial charge on any atom is -0.461 e. The van der Waals surface area contributed by atoms with Gasteiger partial charge in [0.05, 0.1) is 12.7 Å². The molecule has 1 aromatic heterocycles. The fourth-order valence-electron chi connectivity index (χ4n) is 3.32. The third kappa shape index (κ3) is 3.47. The molecule has 3 atom stereocenters. The lowest BCUT2D eigenvalue weighted by Crippen LogP contribution is -2.30. The van der Waals surface area contributed by atoms with Crippen molar-refractivity contribution in [1.29, 1.82) is 0 Å². The molecular formula is C15H20N2O6. The highest BCUT2D eigenvalue weighted by Crippen LogP contribution is 2.38. The second kappa shape index (κ2) is 6.57. The summed E-state index contributed by atoms with van der Waals surface area (Å²) in [6.07, 6.45) is 0.848. The van der Waals surface area contributed by atoms with Gasteiger partial charge in [0.2, 0.25) is 0 Å². The van der Waals surface area contributed by atoms with Crippen LogP contribution in [0.2, 0.25) is 0 Å². The number of ether oxygens (including phenoxy) is 2. The average Bonchev–Trinajstić information content (AvgIpc) is 3.19. The molecule has 0 radical (unpaired) electrons. The zero-order valence-electron chi connectivity index (χ0n) is 12.9. The minimum absolute atomic E-state index is 0.0580. The molecule has 1 N–H and O–H groups in total. The Labute approximate surface area is 133 Å². The van der Waals surface area contributed by atoms with Gasteiger partial charge in [0.1, 0.15) is 0 Å². The number of aliphatic hydroxyl groups is 1. The van der Waals surface area contributed by atoms with Crippen LogP contribution in [-0.2, 0) is 16.1 Å². The molecule has 0 spiro atoms. The lowest BCUT2D eigenvalue weighted by Gasteiger charge is -2.17. The van der Waals surface area contributed by atoms with Gasteiger partial charge in [-0.15, -0.1) is 0 Å². The number of rotatable bonds is 4. The standard InChI is InChI=1S/C15H20N2O6/c1-2-21-14(19)13-5-12(23-16-13)8-22-15(20)17-6-9-3-11(18)4-10(9)7-17/h5,9-11,18H,2-4,6-8H2,1H3/t9-,10+,11?. The quantitative estimate of drug-likeness (QED) is 0.830. The molecular weight excluding hydrogens is 304 g/mol. The zero-order valence-corrected chi connectivity index (χ0v) is 12.9. The summed E-state index contributed by atoms with van der Waals surface area (Å²) in [4.78, 5) is 25.2. The van der Waals surface area contributed by atoms with E-state index < -0.39 is 12.1 Å². The highest BCUT2D eigenvalue weighted by atomic mass is 16.6. The van der Waals surface area contributed by atoms with Gasteiger partial charge >= 0.3 is 12.1 Å². The van der Waals surface area contributed by atoms with Crippen LogP contribution in [0.25, 0.3) is 0 Å². The topological polar surface area (TPSA) is 102 Å². The Bertz CT molecular complexity index is 572. The van der Waals surface area contributed by atoms with E-state index in [1.165, 1.54) is 6.07 Å². The van der Waals surface area contributed by atoms with E-state index in [9.17, 15) is 14.7 Å². The van der Waals surface area contributed by atoms with Crippen molar-refractivity contribution in [1.82, 2.24) is 10.1 Å². The van der Waals surface area contributed by atoms with Gasteiger partial charge < -0.3 is 24.0 Å². The monoisotopic (exact) mass is 324 g/mol. The summed E-state index contributed by atoms with van der Waals surface area (Å²) in [7, 11) is 0. The molecule has 1 aliphatic heterocycles. The van der Waals surface area contributed by atoms with Crippen molar-refractivity contribution in [2.75, 3.05) is 19.7 Å². The summed E-state index contributed by atoms with van der Waals surface area (Å²) in [6, 6.07) is 1.40. The number of fused-ring (bicyclic) bond motifs is 1. The van der Waals surface area contributed by atoms with Gasteiger partial charge in [-0.05, 0) is 31.6 Å². The van der Waals surface area contributed by atoms with Crippen LogP contribution in [-0.4, -0.2) is 53.0 Å². The molecule has 8 heteroatoms. The molecule has 3 rings (SSSR count). The number of aliphatic hydroxyl groups excluding tert-OH is 1. The number of aromatic nitrogens is 1. The fourth-order valence-corrected chi connectivity index (χ4v) is 3.32. The Balaban J connectivity index is 1.47. The number of carbonyl (C=O) groups is 2. The van der Waals surface area contributed by atoms with Crippen LogP contribution in [0, 0.1) is 11.8 Å². The van der Waals surface area contributed by atoms with Crippen molar-refractivity contribution < 1.29 is 28.7 Å². The molecule has 1 aromatic rings. The predicted octanol–water partition coefficient (Wildman–Crippen LogP) is 1.19. The Morgan fingerprint density at radius 3 is 2.70 bits per heavy atom. The molecule has 0 aromatic carbocycles. The third-order valence-electron chi connectivity index (χ3n) is 4.37. The van der Waals surface area contributed by atoms with Crippen molar-refractivity contribution in [3.05, 3.63) is 17.5 Å². The molecule has 23 heavy (non-hydrogen) atoms. The molecule has 1 saturated heterocycles. The van der Waals surface area contributed by atoms with Crippen LogP contribution >= 0.6 is 0 Å². The van der Waals surface area contributed by atoms with Crippen LogP contribution in [0.3, 0.4) is 0 Å². The van der Waals surface area contributed by atoms with E-state index in [1.807, 2.05) is 0 Å². The summed E-state index contributed by atoms with van der Waals surface area (Å²) in [5, 5.41) is 13.2. The SMILES string of the molecule is CCOC(=O)c1cc(COC(=O)N2C[C@H]3CC(O)C[C@H]3C2)on1. The molecule has 2 fully saturated rings. The van der Waals surface area contributed by atoms with E-state index in [0.29, 0.717) is 24.9 Å². The summed E-state index contributed by atoms with van der Waals surface area (Å²) in [5.41, 5.74) is 0.0580. The van der Waals surface area contributed by atoms with Crippen molar-refractivity contribution in [3.8, 4) is 0 Å². The van der Waals surface area contributed by atoms with Crippen LogP contribution < -0.4 is 0 Å². The number of carbonyl (C=O) groups excluding carboxylic acids is 2. The first-order chi connectivity index (χ1) is 11.1. The Morgan fingerprint density at radius 1 is 1.35 bits per heavy atom. The fraction of sp³-hybridized carbons (Fsp3) is 0.667. The van der Waals surface area contributed by atoms with Gasteiger partial charge in [-0.3, -0.25) is 0 Å². The van der Waals surface area contributed by atoms with Crippen LogP contribution in [0.5, 0.6) is 0 Å². The van der Waals surface area contributed by atoms with E-state index in [0.717, 1.165) is 12.8 Å². The smallest absolute Gasteiger partial charge is 0.410 e. The lowest BCUT2D eigenvalue weighted by molar-refractivity contribution is 0.0513. The van der Waals surface area contributed by atoms with E-state index in [-0.39, 0.29) is 30.8 Å². The van der Waals surface area contributed by atoms with Crippen LogP contribution in [0.15, 0.2) is 10.6 Å². The van der Waals surface area contributed by atoms with E-state index in [2.05, 4.69) is 5.16 Å². The number of nitrogens with zero attached hydrogens (tertiary/aromatic N) is 2. The van der Waals surface area contributed by atoms with Crippen molar-refractivity contribution in [2.24, 2.45) is 11.8 Å². The highest BCUT2D eigenvalue weighted by Gasteiger charge is 2.42. The van der Waals surface area contributed by atoms with E-state index in [1.54, 1.807) is 11.8 Å². The predicted molar refractivity (Wildman–Crippen MR) is 76.4 cm³/mol. The maximum Gasteiger partial charge on any atom is 0.410 e. The van der Waals surface area contributed by atoms with Crippen LogP contribution in [0.4, 0.5) is 4.79 Å². The van der Waals surface area contributed by atoms with Gasteiger partial charge in [0.15, 0.2) is 18.1 Å². The highest BCUT2D eigenvalue weighted by molar-refractivity contribution is 5.87. The number of likely N-dealkylation sites (tertiary alicyclic amines) is 1. The summed E-state index contributed by atoms with van der Waals surface area (Å²) in [5.74, 6) is 0.437. The second-order valence-corrected chi connectivity index (χ2v) is 6.00. The van der Waals surface area contributed by atoms with Gasteiger partial charge in [0.25, 0.3) is 0 Å². The summed E-state index contributed by atoms with van der Waals surface area (Å²) >= 11 is 0. The zero-order chi connectivity index (χ0) is 16.4. The van der Waals surface area contributed by atoms with Crippen LogP contribution in [0.1, 0.15) is 36.0 Å². The molecule has 0 bridgehead atoms. The third-order valence-corrected chi connectivity index (χ3v) is 4.37. The minimum atomic E-state index is -0.570. The Hall–Kier alpha value is -2.09. The largest absolute Gasteiger partial charge is 0.461 e. The second-order valence-electron chi connectivity index (χ2n) is 6.00. The first-order valence-corrected chi connectivity index (χ1v) is 7.79. The molecule has 126 valence electrons. The first kappa shape index (κ1) is 15.8. The Kier molecular flexibility index (Phi) is 4.51. The summed E-state index contributed by atoms with van der Waals surface area (Å²) in [6.45, 7) is 3.10. The number of esters is 1. The molecule has 1 saturated carbocycles. The van der Waals surface area contributed by atoms with E-state index >= 15 is 0 Å². The Morgan fingerprint density at radius 2 is 2.04 bits per heavy atom. The van der Waals surface area contributed by atoms with Gasteiger partial charge in [-0.1, -0.05) is 5.16 Å². The molecule has 2 heterocycles. The summed E-state index contributed by atoms with van der Waals surface area (Å²) < 4.78 is 15.0. The number of amides is 1. The van der Waals surface area contributed by atoms with Crippen molar-refractivity contribution >= 4 is 12.1 Å². The van der Waals surface area contributed by atoms with Crippen molar-refractivity contribution in [3.63, 3.8) is 0 Å². The molecule has 8 nitrogen and oxygen atoms in total. The maximum absolute atomic E-state index is 12.1. The first-order valence-electron chi connectivity index (χ1n) is 7.79. The van der Waals surface area contributed by atoms with E-state index in [4.69, 9.17) is 14.0 Å². The average molecular weight is 324 g/mol. The molecule has 1 amide bonds. The maximum atomic E-state index is 12.1. The normalized spacial score (nSPS) is 26.2. The molecule has 2 aliphatic rings.